The lowest BCUT2D eigenvalue weighted by atomic mass is 10.00. The van der Waals surface area contributed by atoms with E-state index in [1.54, 1.807) is 6.20 Å². The van der Waals surface area contributed by atoms with Crippen molar-refractivity contribution in [1.82, 2.24) is 9.55 Å². The van der Waals surface area contributed by atoms with Crippen LogP contribution in [0, 0.1) is 5.92 Å². The number of nitrogens with zero attached hydrogens (tertiary/aromatic N) is 2. The molecule has 1 aromatic rings. The molecule has 0 spiro atoms. The maximum atomic E-state index is 11.5. The monoisotopic (exact) mass is 194 g/mol. The molecule has 4 nitrogen and oxygen atoms in total. The van der Waals surface area contributed by atoms with Crippen LogP contribution in [0.1, 0.15) is 19.2 Å². The van der Waals surface area contributed by atoms with E-state index in [-0.39, 0.29) is 11.9 Å². The van der Waals surface area contributed by atoms with Crippen molar-refractivity contribution in [1.29, 1.82) is 0 Å². The summed E-state index contributed by atoms with van der Waals surface area (Å²) in [6.07, 6.45) is 5.43. The summed E-state index contributed by atoms with van der Waals surface area (Å²) in [5, 5.41) is 0. The van der Waals surface area contributed by atoms with Crippen LogP contribution in [0.25, 0.3) is 0 Å². The smallest absolute Gasteiger partial charge is 0.310 e. The maximum Gasteiger partial charge on any atom is 0.310 e. The Morgan fingerprint density at radius 1 is 1.79 bits per heavy atom. The van der Waals surface area contributed by atoms with E-state index in [1.807, 2.05) is 17.7 Å². The van der Waals surface area contributed by atoms with Gasteiger partial charge in [-0.2, -0.15) is 0 Å². The van der Waals surface area contributed by atoms with Gasteiger partial charge in [0.15, 0.2) is 0 Å². The lowest BCUT2D eigenvalue weighted by molar-refractivity contribution is -0.149. The van der Waals surface area contributed by atoms with E-state index < -0.39 is 0 Å². The van der Waals surface area contributed by atoms with Crippen molar-refractivity contribution in [2.45, 2.75) is 26.3 Å². The summed E-state index contributed by atoms with van der Waals surface area (Å²) in [6.45, 7) is 3.02. The first-order valence-corrected chi connectivity index (χ1v) is 4.98. The normalized spacial score (nSPS) is 20.2. The molecule has 0 fully saturated rings. The average molecular weight is 194 g/mol. The summed E-state index contributed by atoms with van der Waals surface area (Å²) in [7, 11) is 0. The summed E-state index contributed by atoms with van der Waals surface area (Å²) in [5.41, 5.74) is 0. The van der Waals surface area contributed by atoms with Crippen molar-refractivity contribution in [3.05, 3.63) is 18.2 Å². The number of aryl methyl sites for hydroxylation is 1. The molecule has 2 rings (SSSR count). The van der Waals surface area contributed by atoms with Crippen molar-refractivity contribution in [2.75, 3.05) is 6.61 Å². The van der Waals surface area contributed by atoms with E-state index in [0.29, 0.717) is 13.2 Å². The van der Waals surface area contributed by atoms with Gasteiger partial charge in [0.05, 0.1) is 12.5 Å². The molecule has 0 aromatic carbocycles. The van der Waals surface area contributed by atoms with Crippen LogP contribution < -0.4 is 0 Å². The fourth-order valence-corrected chi connectivity index (χ4v) is 1.82. The van der Waals surface area contributed by atoms with Gasteiger partial charge in [-0.05, 0) is 13.3 Å². The molecule has 0 amide bonds. The standard InChI is InChI=1S/C10H14N2O2/c1-2-14-10(13)8-3-4-9-11-5-6-12(9)7-8/h5-6,8H,2-4,7H2,1H3/t8-/m0/s1. The number of hydrogen-bond acceptors (Lipinski definition) is 3. The Morgan fingerprint density at radius 2 is 2.64 bits per heavy atom. The van der Waals surface area contributed by atoms with Gasteiger partial charge in [-0.15, -0.1) is 0 Å². The number of ether oxygens (including phenoxy) is 1. The van der Waals surface area contributed by atoms with Crippen LogP contribution in [0.2, 0.25) is 0 Å². The molecule has 1 aromatic heterocycles. The van der Waals surface area contributed by atoms with Gasteiger partial charge in [-0.3, -0.25) is 4.79 Å². The Balaban J connectivity index is 2.04. The molecular formula is C10H14N2O2. The molecule has 0 bridgehead atoms. The minimum Gasteiger partial charge on any atom is -0.466 e. The molecular weight excluding hydrogens is 180 g/mol. The molecule has 0 aliphatic carbocycles. The highest BCUT2D eigenvalue weighted by atomic mass is 16.5. The number of rotatable bonds is 2. The summed E-state index contributed by atoms with van der Waals surface area (Å²) < 4.78 is 7.03. The Labute approximate surface area is 82.9 Å². The number of aromatic nitrogens is 2. The molecule has 14 heavy (non-hydrogen) atoms. The molecule has 0 saturated carbocycles. The van der Waals surface area contributed by atoms with Gasteiger partial charge in [0.25, 0.3) is 0 Å². The zero-order valence-electron chi connectivity index (χ0n) is 8.27. The fourth-order valence-electron chi connectivity index (χ4n) is 1.82. The lowest BCUT2D eigenvalue weighted by Gasteiger charge is -2.21. The highest BCUT2D eigenvalue weighted by Crippen LogP contribution is 2.19. The number of carbonyl (C=O) groups is 1. The molecule has 1 aliphatic rings. The Morgan fingerprint density at radius 3 is 3.43 bits per heavy atom. The molecule has 0 radical (unpaired) electrons. The molecule has 0 unspecified atom stereocenters. The number of fused-ring (bicyclic) bond motifs is 1. The van der Waals surface area contributed by atoms with E-state index in [4.69, 9.17) is 4.74 Å². The zero-order chi connectivity index (χ0) is 9.97. The topological polar surface area (TPSA) is 44.1 Å². The fraction of sp³-hybridized carbons (Fsp3) is 0.600. The second kappa shape index (κ2) is 3.82. The Bertz CT molecular complexity index is 333. The molecule has 4 heteroatoms. The first kappa shape index (κ1) is 9.24. The third-order valence-corrected chi connectivity index (χ3v) is 2.56. The average Bonchev–Trinajstić information content (AvgIpc) is 2.64. The van der Waals surface area contributed by atoms with Crippen molar-refractivity contribution in [2.24, 2.45) is 5.92 Å². The van der Waals surface area contributed by atoms with Crippen molar-refractivity contribution < 1.29 is 9.53 Å². The Kier molecular flexibility index (Phi) is 2.52. The van der Waals surface area contributed by atoms with Crippen LogP contribution in [-0.2, 0) is 22.5 Å². The number of esters is 1. The van der Waals surface area contributed by atoms with E-state index in [1.165, 1.54) is 0 Å². The van der Waals surface area contributed by atoms with Gasteiger partial charge in [0.2, 0.25) is 0 Å². The van der Waals surface area contributed by atoms with Gasteiger partial charge in [0, 0.05) is 25.4 Å². The minimum absolute atomic E-state index is 0.0108. The quantitative estimate of drug-likeness (QED) is 0.660. The molecule has 76 valence electrons. The number of carbonyl (C=O) groups excluding carboxylic acids is 1. The summed E-state index contributed by atoms with van der Waals surface area (Å²) in [6, 6.07) is 0. The summed E-state index contributed by atoms with van der Waals surface area (Å²) in [4.78, 5) is 15.7. The van der Waals surface area contributed by atoms with Crippen molar-refractivity contribution >= 4 is 5.97 Å². The van der Waals surface area contributed by atoms with Crippen LogP contribution in [0.3, 0.4) is 0 Å². The van der Waals surface area contributed by atoms with E-state index in [2.05, 4.69) is 4.98 Å². The van der Waals surface area contributed by atoms with Crippen LogP contribution in [0.4, 0.5) is 0 Å². The van der Waals surface area contributed by atoms with Crippen LogP contribution in [0.5, 0.6) is 0 Å². The van der Waals surface area contributed by atoms with E-state index in [0.717, 1.165) is 18.7 Å². The first-order chi connectivity index (χ1) is 6.81. The molecule has 2 heterocycles. The highest BCUT2D eigenvalue weighted by Gasteiger charge is 2.25. The van der Waals surface area contributed by atoms with Crippen molar-refractivity contribution in [3.63, 3.8) is 0 Å². The first-order valence-electron chi connectivity index (χ1n) is 4.98. The van der Waals surface area contributed by atoms with Gasteiger partial charge in [0.1, 0.15) is 5.82 Å². The highest BCUT2D eigenvalue weighted by molar-refractivity contribution is 5.72. The summed E-state index contributed by atoms with van der Waals surface area (Å²) in [5.74, 6) is 1.01. The maximum absolute atomic E-state index is 11.5. The van der Waals surface area contributed by atoms with Gasteiger partial charge < -0.3 is 9.30 Å². The summed E-state index contributed by atoms with van der Waals surface area (Å²) >= 11 is 0. The van der Waals surface area contributed by atoms with E-state index in [9.17, 15) is 4.79 Å². The zero-order valence-corrected chi connectivity index (χ0v) is 8.27. The minimum atomic E-state index is -0.0770. The third-order valence-electron chi connectivity index (χ3n) is 2.56. The van der Waals surface area contributed by atoms with Gasteiger partial charge in [-0.25, -0.2) is 4.98 Å². The second-order valence-corrected chi connectivity index (χ2v) is 3.48. The van der Waals surface area contributed by atoms with Crippen molar-refractivity contribution in [3.8, 4) is 0 Å². The van der Waals surface area contributed by atoms with Crippen LogP contribution in [-0.4, -0.2) is 22.1 Å². The number of hydrogen-bond donors (Lipinski definition) is 0. The number of imidazole rings is 1. The van der Waals surface area contributed by atoms with Crippen LogP contribution in [0.15, 0.2) is 12.4 Å². The van der Waals surface area contributed by atoms with Gasteiger partial charge >= 0.3 is 5.97 Å². The molecule has 1 aliphatic heterocycles. The Hall–Kier alpha value is -1.32. The van der Waals surface area contributed by atoms with Crippen LogP contribution >= 0.6 is 0 Å². The lowest BCUT2D eigenvalue weighted by Crippen LogP contribution is -2.28. The second-order valence-electron chi connectivity index (χ2n) is 3.48. The van der Waals surface area contributed by atoms with E-state index >= 15 is 0 Å². The molecule has 0 saturated heterocycles. The SMILES string of the molecule is CCOC(=O)[C@H]1CCc2nccn2C1. The van der Waals surface area contributed by atoms with Gasteiger partial charge in [-0.1, -0.05) is 0 Å². The molecule has 0 N–H and O–H groups in total. The molecule has 1 atom stereocenters. The predicted octanol–water partition coefficient (Wildman–Crippen LogP) is 1.01. The third kappa shape index (κ3) is 1.64. The largest absolute Gasteiger partial charge is 0.466 e. The predicted molar refractivity (Wildman–Crippen MR) is 50.7 cm³/mol.